The van der Waals surface area contributed by atoms with Gasteiger partial charge in [-0.05, 0) is 57.8 Å². The summed E-state index contributed by atoms with van der Waals surface area (Å²) in [5.41, 5.74) is 0.394. The summed E-state index contributed by atoms with van der Waals surface area (Å²) < 4.78 is 22.4. The van der Waals surface area contributed by atoms with E-state index in [9.17, 15) is 8.42 Å². The lowest BCUT2D eigenvalue weighted by Gasteiger charge is -2.34. The molecule has 1 saturated carbocycles. The van der Waals surface area contributed by atoms with Gasteiger partial charge in [-0.3, -0.25) is 0 Å². The number of rotatable bonds is 7. The van der Waals surface area contributed by atoms with Crippen molar-refractivity contribution in [2.45, 2.75) is 58.9 Å². The zero-order chi connectivity index (χ0) is 14.0. The Morgan fingerprint density at radius 2 is 1.72 bits per heavy atom. The molecule has 1 aliphatic carbocycles. The molecule has 0 aromatic carbocycles. The number of nitrogens with one attached hydrogen (secondary N) is 1. The van der Waals surface area contributed by atoms with Gasteiger partial charge in [0.15, 0.2) is 0 Å². The maximum atomic E-state index is 11.2. The van der Waals surface area contributed by atoms with Crippen LogP contribution in [0.2, 0.25) is 0 Å². The van der Waals surface area contributed by atoms with Crippen molar-refractivity contribution in [3.05, 3.63) is 0 Å². The Hall–Kier alpha value is -0.0900. The lowest BCUT2D eigenvalue weighted by atomic mass is 9.80. The molecule has 1 fully saturated rings. The Bertz CT molecular complexity index is 366. The van der Waals surface area contributed by atoms with Gasteiger partial charge in [-0.15, -0.1) is 0 Å². The summed E-state index contributed by atoms with van der Waals surface area (Å²) in [5.74, 6) is 1.11. The maximum absolute atomic E-state index is 11.2. The molecule has 0 saturated heterocycles. The predicted molar refractivity (Wildman–Crippen MR) is 77.5 cm³/mol. The topological polar surface area (TPSA) is 46.2 Å². The zero-order valence-electron chi connectivity index (χ0n) is 12.5. The fraction of sp³-hybridized carbons (Fsp3) is 1.00. The van der Waals surface area contributed by atoms with E-state index in [0.29, 0.717) is 5.75 Å². The van der Waals surface area contributed by atoms with E-state index in [0.717, 1.165) is 25.3 Å². The molecule has 0 aromatic rings. The smallest absolute Gasteiger partial charge is 0.147 e. The number of hydrogen-bond acceptors (Lipinski definition) is 3. The molecule has 1 atom stereocenters. The Balaban J connectivity index is 2.47. The molecule has 1 aliphatic rings. The van der Waals surface area contributed by atoms with E-state index < -0.39 is 9.84 Å². The SMILES string of the molecule is CC(C)(C)NCC(C)(CCCS(C)(=O)=O)C1CC1. The van der Waals surface area contributed by atoms with Gasteiger partial charge in [-0.2, -0.15) is 0 Å². The van der Waals surface area contributed by atoms with E-state index in [-0.39, 0.29) is 11.0 Å². The Kier molecular flexibility index (Phi) is 4.87. The largest absolute Gasteiger partial charge is 0.312 e. The molecule has 0 amide bonds. The van der Waals surface area contributed by atoms with Crippen LogP contribution in [-0.2, 0) is 9.84 Å². The van der Waals surface area contributed by atoms with E-state index in [4.69, 9.17) is 0 Å². The van der Waals surface area contributed by atoms with Crippen LogP contribution < -0.4 is 5.32 Å². The fourth-order valence-corrected chi connectivity index (χ4v) is 3.09. The molecule has 1 unspecified atom stereocenters. The molecule has 1 N–H and O–H groups in total. The quantitative estimate of drug-likeness (QED) is 0.777. The molecule has 0 aliphatic heterocycles. The molecule has 18 heavy (non-hydrogen) atoms. The summed E-state index contributed by atoms with van der Waals surface area (Å²) in [6, 6.07) is 0. The average Bonchev–Trinajstić information content (AvgIpc) is 2.94. The predicted octanol–water partition coefficient (Wildman–Crippen LogP) is 2.62. The van der Waals surface area contributed by atoms with E-state index in [1.165, 1.54) is 19.1 Å². The number of hydrogen-bond donors (Lipinski definition) is 1. The van der Waals surface area contributed by atoms with Crippen molar-refractivity contribution in [3.63, 3.8) is 0 Å². The van der Waals surface area contributed by atoms with Gasteiger partial charge in [0.2, 0.25) is 0 Å². The molecule has 3 nitrogen and oxygen atoms in total. The third-order valence-corrected chi connectivity index (χ3v) is 4.88. The van der Waals surface area contributed by atoms with Crippen molar-refractivity contribution >= 4 is 9.84 Å². The summed E-state index contributed by atoms with van der Waals surface area (Å²) in [7, 11) is -2.82. The van der Waals surface area contributed by atoms with Gasteiger partial charge in [0, 0.05) is 24.1 Å². The van der Waals surface area contributed by atoms with Crippen molar-refractivity contribution in [3.8, 4) is 0 Å². The van der Waals surface area contributed by atoms with E-state index in [2.05, 4.69) is 33.0 Å². The van der Waals surface area contributed by atoms with Crippen molar-refractivity contribution in [2.24, 2.45) is 11.3 Å². The van der Waals surface area contributed by atoms with Crippen LogP contribution in [0, 0.1) is 11.3 Å². The minimum Gasteiger partial charge on any atom is -0.312 e. The van der Waals surface area contributed by atoms with Crippen LogP contribution in [0.15, 0.2) is 0 Å². The summed E-state index contributed by atoms with van der Waals surface area (Å²) >= 11 is 0. The molecular weight excluding hydrogens is 246 g/mol. The van der Waals surface area contributed by atoms with Crippen LogP contribution in [0.25, 0.3) is 0 Å². The highest BCUT2D eigenvalue weighted by Gasteiger charge is 2.41. The fourth-order valence-electron chi connectivity index (χ4n) is 2.42. The first-order valence-corrected chi connectivity index (χ1v) is 9.01. The van der Waals surface area contributed by atoms with Crippen LogP contribution in [-0.4, -0.2) is 32.5 Å². The summed E-state index contributed by atoms with van der Waals surface area (Å²) in [5, 5.41) is 3.58. The first-order chi connectivity index (χ1) is 8.02. The highest BCUT2D eigenvalue weighted by atomic mass is 32.2. The Morgan fingerprint density at radius 3 is 2.11 bits per heavy atom. The van der Waals surface area contributed by atoms with Crippen LogP contribution in [0.1, 0.15) is 53.4 Å². The Morgan fingerprint density at radius 1 is 1.17 bits per heavy atom. The second kappa shape index (κ2) is 5.49. The van der Waals surface area contributed by atoms with Crippen LogP contribution >= 0.6 is 0 Å². The summed E-state index contributed by atoms with van der Waals surface area (Å²) in [6.45, 7) is 9.83. The van der Waals surface area contributed by atoms with Gasteiger partial charge in [-0.1, -0.05) is 6.92 Å². The third kappa shape index (κ3) is 6.19. The molecule has 0 spiro atoms. The zero-order valence-corrected chi connectivity index (χ0v) is 13.4. The van der Waals surface area contributed by atoms with Gasteiger partial charge < -0.3 is 5.32 Å². The molecule has 0 heterocycles. The minimum atomic E-state index is -2.82. The van der Waals surface area contributed by atoms with E-state index >= 15 is 0 Å². The first-order valence-electron chi connectivity index (χ1n) is 6.95. The average molecular weight is 275 g/mol. The molecule has 0 radical (unpaired) electrons. The normalized spacial score (nSPS) is 20.7. The van der Waals surface area contributed by atoms with Gasteiger partial charge >= 0.3 is 0 Å². The van der Waals surface area contributed by atoms with Crippen LogP contribution in [0.3, 0.4) is 0 Å². The third-order valence-electron chi connectivity index (χ3n) is 3.85. The monoisotopic (exact) mass is 275 g/mol. The first kappa shape index (κ1) is 16.0. The van der Waals surface area contributed by atoms with Crippen LogP contribution in [0.4, 0.5) is 0 Å². The second-order valence-electron chi connectivity index (χ2n) is 7.27. The van der Waals surface area contributed by atoms with Crippen LogP contribution in [0.5, 0.6) is 0 Å². The molecule has 0 aromatic heterocycles. The van der Waals surface area contributed by atoms with E-state index in [1.807, 2.05) is 0 Å². The van der Waals surface area contributed by atoms with Gasteiger partial charge in [0.25, 0.3) is 0 Å². The van der Waals surface area contributed by atoms with Crippen molar-refractivity contribution in [1.29, 1.82) is 0 Å². The Labute approximate surface area is 113 Å². The molecule has 1 rings (SSSR count). The van der Waals surface area contributed by atoms with Gasteiger partial charge in [-0.25, -0.2) is 8.42 Å². The molecule has 108 valence electrons. The van der Waals surface area contributed by atoms with Crippen molar-refractivity contribution < 1.29 is 8.42 Å². The maximum Gasteiger partial charge on any atom is 0.147 e. The van der Waals surface area contributed by atoms with E-state index in [1.54, 1.807) is 0 Å². The lowest BCUT2D eigenvalue weighted by molar-refractivity contribution is 0.211. The van der Waals surface area contributed by atoms with Gasteiger partial charge in [0.1, 0.15) is 9.84 Å². The second-order valence-corrected chi connectivity index (χ2v) is 9.53. The lowest BCUT2D eigenvalue weighted by Crippen LogP contribution is -2.44. The van der Waals surface area contributed by atoms with Crippen molar-refractivity contribution in [1.82, 2.24) is 5.32 Å². The number of sulfone groups is 1. The molecule has 4 heteroatoms. The highest BCUT2D eigenvalue weighted by molar-refractivity contribution is 7.90. The summed E-state index contributed by atoms with van der Waals surface area (Å²) in [4.78, 5) is 0. The van der Waals surface area contributed by atoms with Gasteiger partial charge in [0.05, 0.1) is 0 Å². The molecule has 0 bridgehead atoms. The highest BCUT2D eigenvalue weighted by Crippen LogP contribution is 2.48. The van der Waals surface area contributed by atoms with Crippen molar-refractivity contribution in [2.75, 3.05) is 18.6 Å². The standard InChI is InChI=1S/C14H29NO2S/c1-13(2,3)15-11-14(4,12-7-8-12)9-6-10-18(5,16)17/h12,15H,6-11H2,1-5H3. The summed E-state index contributed by atoms with van der Waals surface area (Å²) in [6.07, 6.45) is 5.74. The molecular formula is C14H29NO2S. The minimum absolute atomic E-state index is 0.132.